The molecule has 3 N–H and O–H groups in total. The zero-order valence-electron chi connectivity index (χ0n) is 13.0. The highest BCUT2D eigenvalue weighted by atomic mass is 16.6. The van der Waals surface area contributed by atoms with E-state index in [1.165, 1.54) is 0 Å². The Labute approximate surface area is 116 Å². The molecule has 0 aromatic rings. The Balaban J connectivity index is 2.75. The number of ether oxygens (including phenoxy) is 1. The lowest BCUT2D eigenvalue weighted by atomic mass is 9.77. The molecule has 1 fully saturated rings. The first kappa shape index (κ1) is 16.2. The minimum atomic E-state index is -0.492. The van der Waals surface area contributed by atoms with Crippen molar-refractivity contribution in [3.63, 3.8) is 0 Å². The molecule has 1 rings (SSSR count). The minimum absolute atomic E-state index is 0.0154. The normalized spacial score (nSPS) is 19.7. The molecular formula is C14H28N2O3. The average molecular weight is 272 g/mol. The van der Waals surface area contributed by atoms with Gasteiger partial charge in [0, 0.05) is 11.5 Å². The van der Waals surface area contributed by atoms with Crippen molar-refractivity contribution in [2.24, 2.45) is 16.7 Å². The highest BCUT2D eigenvalue weighted by Crippen LogP contribution is 2.53. The van der Waals surface area contributed by atoms with Gasteiger partial charge in [-0.3, -0.25) is 0 Å². The quantitative estimate of drug-likeness (QED) is 0.771. The van der Waals surface area contributed by atoms with Crippen LogP contribution in [-0.4, -0.2) is 24.3 Å². The summed E-state index contributed by atoms with van der Waals surface area (Å²) in [6, 6.07) is -0.0154. The topological polar surface area (TPSA) is 73.6 Å². The Hall–Kier alpha value is -0.810. The monoisotopic (exact) mass is 272 g/mol. The van der Waals surface area contributed by atoms with Crippen molar-refractivity contribution in [2.75, 3.05) is 6.61 Å². The maximum absolute atomic E-state index is 12.0. The Kier molecular flexibility index (Phi) is 4.52. The van der Waals surface area contributed by atoms with Crippen molar-refractivity contribution in [3.8, 4) is 0 Å². The summed E-state index contributed by atoms with van der Waals surface area (Å²) >= 11 is 0. The predicted molar refractivity (Wildman–Crippen MR) is 74.4 cm³/mol. The van der Waals surface area contributed by atoms with Gasteiger partial charge in [0.1, 0.15) is 5.60 Å². The molecular weight excluding hydrogens is 244 g/mol. The Morgan fingerprint density at radius 1 is 1.26 bits per heavy atom. The van der Waals surface area contributed by atoms with Crippen LogP contribution in [0.4, 0.5) is 4.79 Å². The number of carbonyl (C=O) groups excluding carboxylic acids is 1. The van der Waals surface area contributed by atoms with E-state index in [0.29, 0.717) is 6.61 Å². The minimum Gasteiger partial charge on any atom is -0.444 e. The summed E-state index contributed by atoms with van der Waals surface area (Å²) in [6.07, 6.45) is 1.65. The van der Waals surface area contributed by atoms with Gasteiger partial charge in [-0.05, 0) is 39.0 Å². The van der Waals surface area contributed by atoms with E-state index in [0.717, 1.165) is 12.8 Å². The van der Waals surface area contributed by atoms with Gasteiger partial charge in [-0.1, -0.05) is 20.8 Å². The molecule has 0 radical (unpaired) electrons. The lowest BCUT2D eigenvalue weighted by molar-refractivity contribution is 0.0234. The second-order valence-electron chi connectivity index (χ2n) is 7.62. The second kappa shape index (κ2) is 5.29. The fourth-order valence-corrected chi connectivity index (χ4v) is 2.56. The van der Waals surface area contributed by atoms with E-state index in [-0.39, 0.29) is 23.0 Å². The number of hydrogen-bond acceptors (Lipinski definition) is 4. The van der Waals surface area contributed by atoms with Gasteiger partial charge in [-0.15, -0.1) is 0 Å². The molecule has 0 saturated heterocycles. The SMILES string of the molecule is CC(C)(C)OC(=O)NC(C(C)(C)C)C1(CON)CC1. The van der Waals surface area contributed by atoms with Crippen molar-refractivity contribution in [3.05, 3.63) is 0 Å². The lowest BCUT2D eigenvalue weighted by Gasteiger charge is -2.38. The third kappa shape index (κ3) is 4.66. The molecule has 0 heterocycles. The van der Waals surface area contributed by atoms with Crippen LogP contribution >= 0.6 is 0 Å². The zero-order valence-corrected chi connectivity index (χ0v) is 13.0. The molecule has 1 saturated carbocycles. The largest absolute Gasteiger partial charge is 0.444 e. The standard InChI is InChI=1S/C14H28N2O3/c1-12(2,3)10(14(7-8-14)9-18-15)16-11(17)19-13(4,5)6/h10H,7-9,15H2,1-6H3,(H,16,17). The molecule has 1 aliphatic carbocycles. The molecule has 1 amide bonds. The highest BCUT2D eigenvalue weighted by molar-refractivity contribution is 5.68. The van der Waals surface area contributed by atoms with E-state index in [1.54, 1.807) is 0 Å². The highest BCUT2D eigenvalue weighted by Gasteiger charge is 2.54. The number of nitrogens with two attached hydrogens (primary N) is 1. The first-order valence-electron chi connectivity index (χ1n) is 6.81. The van der Waals surface area contributed by atoms with Gasteiger partial charge in [0.15, 0.2) is 0 Å². The van der Waals surface area contributed by atoms with Crippen molar-refractivity contribution in [1.29, 1.82) is 0 Å². The van der Waals surface area contributed by atoms with Crippen LogP contribution in [0.1, 0.15) is 54.4 Å². The summed E-state index contributed by atoms with van der Waals surface area (Å²) in [4.78, 5) is 16.8. The number of hydrogen-bond donors (Lipinski definition) is 2. The van der Waals surface area contributed by atoms with E-state index < -0.39 is 5.60 Å². The third-order valence-corrected chi connectivity index (χ3v) is 3.40. The van der Waals surface area contributed by atoms with E-state index in [4.69, 9.17) is 15.5 Å². The van der Waals surface area contributed by atoms with Gasteiger partial charge in [0.05, 0.1) is 6.61 Å². The maximum atomic E-state index is 12.0. The van der Waals surface area contributed by atoms with Crippen LogP contribution in [0.3, 0.4) is 0 Å². The lowest BCUT2D eigenvalue weighted by Crippen LogP contribution is -2.52. The maximum Gasteiger partial charge on any atom is 0.407 e. The smallest absolute Gasteiger partial charge is 0.407 e. The number of nitrogens with one attached hydrogen (secondary N) is 1. The van der Waals surface area contributed by atoms with Crippen molar-refractivity contribution >= 4 is 6.09 Å². The molecule has 0 aliphatic heterocycles. The molecule has 1 atom stereocenters. The van der Waals surface area contributed by atoms with Gasteiger partial charge in [0.2, 0.25) is 0 Å². The van der Waals surface area contributed by atoms with Crippen molar-refractivity contribution < 1.29 is 14.4 Å². The molecule has 1 unspecified atom stereocenters. The zero-order chi connectivity index (χ0) is 14.9. The summed E-state index contributed by atoms with van der Waals surface area (Å²) < 4.78 is 5.34. The molecule has 5 nitrogen and oxygen atoms in total. The molecule has 0 aromatic heterocycles. The summed E-state index contributed by atoms with van der Waals surface area (Å²) in [5.74, 6) is 5.22. The van der Waals surface area contributed by atoms with E-state index in [2.05, 4.69) is 26.1 Å². The van der Waals surface area contributed by atoms with Gasteiger partial charge >= 0.3 is 6.09 Å². The average Bonchev–Trinajstić information content (AvgIpc) is 2.91. The Bertz CT molecular complexity index is 325. The molecule has 0 aromatic carbocycles. The molecule has 19 heavy (non-hydrogen) atoms. The van der Waals surface area contributed by atoms with Crippen molar-refractivity contribution in [1.82, 2.24) is 5.32 Å². The van der Waals surface area contributed by atoms with Crippen LogP contribution in [0.2, 0.25) is 0 Å². The van der Waals surface area contributed by atoms with Crippen LogP contribution in [-0.2, 0) is 9.57 Å². The molecule has 1 aliphatic rings. The number of amides is 1. The summed E-state index contributed by atoms with van der Waals surface area (Å²) in [7, 11) is 0. The molecule has 112 valence electrons. The third-order valence-electron chi connectivity index (χ3n) is 3.40. The first-order valence-corrected chi connectivity index (χ1v) is 6.81. The van der Waals surface area contributed by atoms with Gasteiger partial charge < -0.3 is 14.9 Å². The fourth-order valence-electron chi connectivity index (χ4n) is 2.56. The second-order valence-corrected chi connectivity index (χ2v) is 7.62. The van der Waals surface area contributed by atoms with Crippen LogP contribution in [0.15, 0.2) is 0 Å². The number of carbonyl (C=O) groups is 1. The molecule has 0 bridgehead atoms. The fraction of sp³-hybridized carbons (Fsp3) is 0.929. The number of rotatable bonds is 4. The van der Waals surface area contributed by atoms with Crippen LogP contribution in [0.25, 0.3) is 0 Å². The van der Waals surface area contributed by atoms with Crippen LogP contribution < -0.4 is 11.2 Å². The predicted octanol–water partition coefficient (Wildman–Crippen LogP) is 2.60. The summed E-state index contributed by atoms with van der Waals surface area (Å²) in [5, 5.41) is 3.00. The van der Waals surface area contributed by atoms with Crippen LogP contribution in [0, 0.1) is 10.8 Å². The first-order chi connectivity index (χ1) is 8.50. The molecule has 0 spiro atoms. The Morgan fingerprint density at radius 3 is 2.11 bits per heavy atom. The van der Waals surface area contributed by atoms with Gasteiger partial charge in [0.25, 0.3) is 0 Å². The van der Waals surface area contributed by atoms with Gasteiger partial charge in [-0.25, -0.2) is 10.7 Å². The van der Waals surface area contributed by atoms with Crippen LogP contribution in [0.5, 0.6) is 0 Å². The van der Waals surface area contributed by atoms with Gasteiger partial charge in [-0.2, -0.15) is 0 Å². The molecule has 5 heteroatoms. The summed E-state index contributed by atoms with van der Waals surface area (Å²) in [6.45, 7) is 12.3. The Morgan fingerprint density at radius 2 is 1.79 bits per heavy atom. The van der Waals surface area contributed by atoms with E-state index >= 15 is 0 Å². The number of alkyl carbamates (subject to hydrolysis) is 1. The van der Waals surface area contributed by atoms with Crippen molar-refractivity contribution in [2.45, 2.75) is 66.0 Å². The van der Waals surface area contributed by atoms with E-state index in [9.17, 15) is 4.79 Å². The van der Waals surface area contributed by atoms with E-state index in [1.807, 2.05) is 20.8 Å². The summed E-state index contributed by atoms with van der Waals surface area (Å²) in [5.41, 5.74) is -0.622.